The van der Waals surface area contributed by atoms with Crippen LogP contribution in [0.2, 0.25) is 0 Å². The Morgan fingerprint density at radius 2 is 2.20 bits per heavy atom. The lowest BCUT2D eigenvalue weighted by Crippen LogP contribution is -2.28. The van der Waals surface area contributed by atoms with Gasteiger partial charge in [0.2, 0.25) is 5.95 Å². The number of nitrogen functional groups attached to an aromatic ring is 1. The first-order chi connectivity index (χ1) is 14.4. The Morgan fingerprint density at radius 3 is 2.93 bits per heavy atom. The molecule has 1 aliphatic rings. The summed E-state index contributed by atoms with van der Waals surface area (Å²) in [6, 6.07) is 0. The van der Waals surface area contributed by atoms with E-state index in [0.29, 0.717) is 24.4 Å². The van der Waals surface area contributed by atoms with E-state index in [0.717, 1.165) is 38.7 Å². The molecule has 1 aliphatic heterocycles. The van der Waals surface area contributed by atoms with E-state index in [4.69, 9.17) is 20.3 Å². The topological polar surface area (TPSA) is 130 Å². The summed E-state index contributed by atoms with van der Waals surface area (Å²) >= 11 is 1.48. The molecule has 0 radical (unpaired) electrons. The van der Waals surface area contributed by atoms with Gasteiger partial charge in [-0.3, -0.25) is 4.98 Å². The van der Waals surface area contributed by atoms with Crippen LogP contribution in [-0.2, 0) is 17.7 Å². The first kappa shape index (κ1) is 20.2. The molecule has 4 rings (SSSR count). The maximum Gasteiger partial charge on any atom is 0.407 e. The summed E-state index contributed by atoms with van der Waals surface area (Å²) in [6.07, 6.45) is 1.44. The quantitative estimate of drug-likeness (QED) is 0.597. The minimum absolute atomic E-state index is 0.175. The Bertz CT molecular complexity index is 1130. The van der Waals surface area contributed by atoms with Gasteiger partial charge in [0.1, 0.15) is 16.9 Å². The molecule has 4 heterocycles. The number of nitrogens with two attached hydrogens (primary N) is 1. The van der Waals surface area contributed by atoms with E-state index in [1.54, 1.807) is 18.0 Å². The predicted octanol–water partition coefficient (Wildman–Crippen LogP) is 1.85. The van der Waals surface area contributed by atoms with Crippen LogP contribution in [0.1, 0.15) is 22.5 Å². The standard InChI is InChI=1S/C19H23N7O3S/c1-9-6-22-13(10(2)15(9)28-4)7-26-16-14-12(25-26)5-11(29-19(27)21-3)8-30-17(14)24-18(20)23-16/h6,11H,5,7-8H2,1-4H3,(H,21,27)(H2,20,23,24). The number of hydrogen-bond donors (Lipinski definition) is 2. The molecule has 0 spiro atoms. The molecule has 0 saturated heterocycles. The second kappa shape index (κ2) is 7.98. The van der Waals surface area contributed by atoms with Gasteiger partial charge in [0.25, 0.3) is 0 Å². The normalized spacial score (nSPS) is 15.7. The molecule has 0 saturated carbocycles. The molecule has 30 heavy (non-hydrogen) atoms. The first-order valence-corrected chi connectivity index (χ1v) is 10.4. The van der Waals surface area contributed by atoms with Crippen molar-refractivity contribution in [3.05, 3.63) is 28.7 Å². The number of nitrogens with one attached hydrogen (secondary N) is 1. The molecule has 158 valence electrons. The lowest BCUT2D eigenvalue weighted by atomic mass is 10.1. The summed E-state index contributed by atoms with van der Waals surface area (Å²) < 4.78 is 12.8. The monoisotopic (exact) mass is 429 g/mol. The minimum Gasteiger partial charge on any atom is -0.496 e. The highest BCUT2D eigenvalue weighted by atomic mass is 32.2. The van der Waals surface area contributed by atoms with Crippen LogP contribution in [0.3, 0.4) is 0 Å². The number of rotatable bonds is 4. The fourth-order valence-electron chi connectivity index (χ4n) is 3.59. The van der Waals surface area contributed by atoms with Gasteiger partial charge in [0.15, 0.2) is 5.65 Å². The average molecular weight is 430 g/mol. The lowest BCUT2D eigenvalue weighted by Gasteiger charge is -2.15. The fourth-order valence-corrected chi connectivity index (χ4v) is 4.63. The van der Waals surface area contributed by atoms with Gasteiger partial charge in [-0.1, -0.05) is 0 Å². The number of aromatic nitrogens is 5. The van der Waals surface area contributed by atoms with Crippen molar-refractivity contribution in [3.63, 3.8) is 0 Å². The van der Waals surface area contributed by atoms with Crippen LogP contribution in [0.15, 0.2) is 11.2 Å². The highest BCUT2D eigenvalue weighted by Gasteiger charge is 2.27. The van der Waals surface area contributed by atoms with Crippen molar-refractivity contribution in [2.24, 2.45) is 0 Å². The van der Waals surface area contributed by atoms with Crippen molar-refractivity contribution in [1.82, 2.24) is 30.0 Å². The third-order valence-corrected chi connectivity index (χ3v) is 6.11. The number of alkyl carbamates (subject to hydrolysis) is 1. The number of aryl methyl sites for hydroxylation is 1. The largest absolute Gasteiger partial charge is 0.496 e. The van der Waals surface area contributed by atoms with E-state index in [1.165, 1.54) is 18.8 Å². The van der Waals surface area contributed by atoms with Crippen molar-refractivity contribution in [2.45, 2.75) is 37.9 Å². The molecule has 0 aliphatic carbocycles. The summed E-state index contributed by atoms with van der Waals surface area (Å²) in [6.45, 7) is 4.34. The van der Waals surface area contributed by atoms with Crippen molar-refractivity contribution < 1.29 is 14.3 Å². The summed E-state index contributed by atoms with van der Waals surface area (Å²) in [4.78, 5) is 25.1. The smallest absolute Gasteiger partial charge is 0.407 e. The molecule has 11 heteroatoms. The maximum absolute atomic E-state index is 11.7. The molecule has 0 bridgehead atoms. The molecular weight excluding hydrogens is 406 g/mol. The van der Waals surface area contributed by atoms with Crippen LogP contribution in [0.4, 0.5) is 10.7 Å². The van der Waals surface area contributed by atoms with Crippen molar-refractivity contribution in [1.29, 1.82) is 0 Å². The predicted molar refractivity (Wildman–Crippen MR) is 113 cm³/mol. The van der Waals surface area contributed by atoms with Crippen molar-refractivity contribution >= 4 is 34.8 Å². The number of methoxy groups -OCH3 is 1. The van der Waals surface area contributed by atoms with Gasteiger partial charge in [-0.2, -0.15) is 10.1 Å². The van der Waals surface area contributed by atoms with E-state index in [1.807, 2.05) is 13.8 Å². The molecule has 3 aromatic heterocycles. The number of pyridine rings is 1. The van der Waals surface area contributed by atoms with Crippen LogP contribution in [0.25, 0.3) is 11.0 Å². The minimum atomic E-state index is -0.473. The van der Waals surface area contributed by atoms with Crippen LogP contribution < -0.4 is 15.8 Å². The van der Waals surface area contributed by atoms with Crippen LogP contribution in [0, 0.1) is 13.8 Å². The summed E-state index contributed by atoms with van der Waals surface area (Å²) in [5.41, 5.74) is 10.1. The molecule has 0 fully saturated rings. The number of carbonyl (C=O) groups excluding carboxylic acids is 1. The molecule has 3 aromatic rings. The van der Waals surface area contributed by atoms with Gasteiger partial charge >= 0.3 is 6.09 Å². The number of hydrogen-bond acceptors (Lipinski definition) is 9. The lowest BCUT2D eigenvalue weighted by molar-refractivity contribution is 0.111. The highest BCUT2D eigenvalue weighted by molar-refractivity contribution is 7.99. The maximum atomic E-state index is 11.7. The van der Waals surface area contributed by atoms with E-state index >= 15 is 0 Å². The summed E-state index contributed by atoms with van der Waals surface area (Å²) in [7, 11) is 3.18. The number of ether oxygens (including phenoxy) is 2. The number of anilines is 1. The Kier molecular flexibility index (Phi) is 5.37. The summed E-state index contributed by atoms with van der Waals surface area (Å²) in [5, 5.41) is 8.84. The van der Waals surface area contributed by atoms with E-state index in [2.05, 4.69) is 20.3 Å². The highest BCUT2D eigenvalue weighted by Crippen LogP contribution is 2.34. The van der Waals surface area contributed by atoms with Gasteiger partial charge in [0.05, 0.1) is 30.4 Å². The third-order valence-electron chi connectivity index (χ3n) is 5.00. The molecule has 0 aromatic carbocycles. The fraction of sp³-hybridized carbons (Fsp3) is 0.421. The van der Waals surface area contributed by atoms with Gasteiger partial charge in [-0.25, -0.2) is 14.5 Å². The zero-order valence-electron chi connectivity index (χ0n) is 17.2. The number of thioether (sulfide) groups is 1. The van der Waals surface area contributed by atoms with Crippen molar-refractivity contribution in [3.8, 4) is 5.75 Å². The van der Waals surface area contributed by atoms with Crippen LogP contribution in [-0.4, -0.2) is 56.8 Å². The Morgan fingerprint density at radius 1 is 1.40 bits per heavy atom. The zero-order valence-corrected chi connectivity index (χ0v) is 18.0. The SMILES string of the molecule is CNC(=O)OC1CSc2nc(N)nc3c2c(nn3Cc2ncc(C)c(OC)c2C)C1. The zero-order chi connectivity index (χ0) is 21.4. The number of nitrogens with zero attached hydrogens (tertiary/aromatic N) is 5. The van der Waals surface area contributed by atoms with E-state index in [9.17, 15) is 4.79 Å². The molecular formula is C19H23N7O3S. The second-order valence-electron chi connectivity index (χ2n) is 7.03. The third kappa shape index (κ3) is 3.60. The molecule has 1 atom stereocenters. The van der Waals surface area contributed by atoms with Gasteiger partial charge in [-0.15, -0.1) is 11.8 Å². The van der Waals surface area contributed by atoms with E-state index < -0.39 is 6.09 Å². The second-order valence-corrected chi connectivity index (χ2v) is 8.04. The molecule has 10 nitrogen and oxygen atoms in total. The Hall–Kier alpha value is -3.08. The van der Waals surface area contributed by atoms with Crippen LogP contribution in [0.5, 0.6) is 5.75 Å². The first-order valence-electron chi connectivity index (χ1n) is 9.44. The molecule has 3 N–H and O–H groups in total. The van der Waals surface area contributed by atoms with E-state index in [-0.39, 0.29) is 12.1 Å². The van der Waals surface area contributed by atoms with Gasteiger partial charge in [-0.05, 0) is 13.8 Å². The van der Waals surface area contributed by atoms with Crippen LogP contribution >= 0.6 is 11.8 Å². The summed E-state index contributed by atoms with van der Waals surface area (Å²) in [5.74, 6) is 1.54. The van der Waals surface area contributed by atoms with Crippen molar-refractivity contribution in [2.75, 3.05) is 25.6 Å². The van der Waals surface area contributed by atoms with Gasteiger partial charge in [0, 0.05) is 36.5 Å². The molecule has 1 amide bonds. The molecule has 1 unspecified atom stereocenters. The number of amides is 1. The number of carbonyl (C=O) groups is 1. The Balaban J connectivity index is 1.76. The van der Waals surface area contributed by atoms with Gasteiger partial charge < -0.3 is 20.5 Å². The Labute approximate surface area is 177 Å². The average Bonchev–Trinajstić information content (AvgIpc) is 2.95.